The molecule has 2 aromatic rings. The van der Waals surface area contributed by atoms with Crippen LogP contribution in [0, 0.1) is 0 Å². The van der Waals surface area contributed by atoms with Crippen LogP contribution in [0.5, 0.6) is 0 Å². The van der Waals surface area contributed by atoms with E-state index in [1.165, 1.54) is 10.9 Å². The topological polar surface area (TPSA) is 80.9 Å². The van der Waals surface area contributed by atoms with Crippen LogP contribution in [0.3, 0.4) is 0 Å². The van der Waals surface area contributed by atoms with E-state index in [-0.39, 0.29) is 5.56 Å². The summed E-state index contributed by atoms with van der Waals surface area (Å²) in [5, 5.41) is 20.3. The SMILES string of the molecule is Cn1nnc(-c2ccccc2C(=O)O)n1. The zero-order valence-electron chi connectivity index (χ0n) is 7.95. The summed E-state index contributed by atoms with van der Waals surface area (Å²) in [5.41, 5.74) is 0.642. The van der Waals surface area contributed by atoms with Gasteiger partial charge in [0, 0.05) is 5.56 Å². The quantitative estimate of drug-likeness (QED) is 0.773. The number of aromatic nitrogens is 4. The van der Waals surface area contributed by atoms with Crippen LogP contribution in [-0.2, 0) is 7.05 Å². The molecule has 0 unspecified atom stereocenters. The van der Waals surface area contributed by atoms with Gasteiger partial charge in [-0.1, -0.05) is 18.2 Å². The number of nitrogens with zero attached hydrogens (tertiary/aromatic N) is 4. The molecule has 2 rings (SSSR count). The summed E-state index contributed by atoms with van der Waals surface area (Å²) in [4.78, 5) is 12.2. The van der Waals surface area contributed by atoms with E-state index >= 15 is 0 Å². The van der Waals surface area contributed by atoms with E-state index in [1.807, 2.05) is 0 Å². The van der Waals surface area contributed by atoms with Crippen LogP contribution in [0.4, 0.5) is 0 Å². The summed E-state index contributed by atoms with van der Waals surface area (Å²) < 4.78 is 0. The summed E-state index contributed by atoms with van der Waals surface area (Å²) >= 11 is 0. The van der Waals surface area contributed by atoms with Crippen LogP contribution in [0.15, 0.2) is 24.3 Å². The van der Waals surface area contributed by atoms with Gasteiger partial charge in [-0.25, -0.2) is 4.79 Å². The van der Waals surface area contributed by atoms with E-state index in [4.69, 9.17) is 5.11 Å². The van der Waals surface area contributed by atoms with Gasteiger partial charge in [0.2, 0.25) is 5.82 Å². The number of carbonyl (C=O) groups is 1. The lowest BCUT2D eigenvalue weighted by Gasteiger charge is -1.99. The standard InChI is InChI=1S/C9H8N4O2/c1-13-11-8(10-12-13)6-4-2-3-5-7(6)9(14)15/h2-5H,1H3,(H,14,15). The molecule has 76 valence electrons. The van der Waals surface area contributed by atoms with Gasteiger partial charge in [0.1, 0.15) is 0 Å². The molecule has 6 heteroatoms. The van der Waals surface area contributed by atoms with Crippen molar-refractivity contribution in [1.29, 1.82) is 0 Å². The Hall–Kier alpha value is -2.24. The largest absolute Gasteiger partial charge is 0.478 e. The van der Waals surface area contributed by atoms with Crippen LogP contribution in [-0.4, -0.2) is 31.3 Å². The molecule has 0 amide bonds. The molecule has 0 aliphatic carbocycles. The first-order valence-electron chi connectivity index (χ1n) is 4.25. The molecule has 1 N–H and O–H groups in total. The Labute approximate surface area is 85.2 Å². The highest BCUT2D eigenvalue weighted by atomic mass is 16.4. The molecule has 0 saturated heterocycles. The maximum absolute atomic E-state index is 10.9. The summed E-state index contributed by atoms with van der Waals surface area (Å²) in [6.45, 7) is 0. The predicted molar refractivity (Wildman–Crippen MR) is 51.2 cm³/mol. The third-order valence-corrected chi connectivity index (χ3v) is 1.91. The van der Waals surface area contributed by atoms with Crippen LogP contribution in [0.2, 0.25) is 0 Å². The predicted octanol–water partition coefficient (Wildman–Crippen LogP) is 0.575. The number of tetrazole rings is 1. The molecular formula is C9H8N4O2. The smallest absolute Gasteiger partial charge is 0.336 e. The summed E-state index contributed by atoms with van der Waals surface area (Å²) in [7, 11) is 1.62. The van der Waals surface area contributed by atoms with Crippen molar-refractivity contribution >= 4 is 5.97 Å². The van der Waals surface area contributed by atoms with Crippen LogP contribution < -0.4 is 0 Å². The van der Waals surface area contributed by atoms with Gasteiger partial charge in [-0.2, -0.15) is 4.80 Å². The number of benzene rings is 1. The summed E-state index contributed by atoms with van der Waals surface area (Å²) in [6, 6.07) is 6.55. The normalized spacial score (nSPS) is 10.2. The molecule has 1 aromatic carbocycles. The van der Waals surface area contributed by atoms with Gasteiger partial charge in [-0.3, -0.25) is 0 Å². The van der Waals surface area contributed by atoms with E-state index in [0.29, 0.717) is 11.4 Å². The maximum Gasteiger partial charge on any atom is 0.336 e. The van der Waals surface area contributed by atoms with Crippen molar-refractivity contribution in [2.45, 2.75) is 0 Å². The highest BCUT2D eigenvalue weighted by molar-refractivity contribution is 5.94. The minimum Gasteiger partial charge on any atom is -0.478 e. The monoisotopic (exact) mass is 204 g/mol. The molecule has 0 aliphatic rings. The van der Waals surface area contributed by atoms with Gasteiger partial charge in [0.25, 0.3) is 0 Å². The first-order chi connectivity index (χ1) is 7.18. The average Bonchev–Trinajstić information content (AvgIpc) is 2.65. The minimum atomic E-state index is -1.00. The molecule has 0 atom stereocenters. The van der Waals surface area contributed by atoms with E-state index < -0.39 is 5.97 Å². The lowest BCUT2D eigenvalue weighted by Crippen LogP contribution is -2.00. The molecule has 0 aliphatic heterocycles. The molecule has 15 heavy (non-hydrogen) atoms. The molecule has 0 radical (unpaired) electrons. The molecular weight excluding hydrogens is 196 g/mol. The van der Waals surface area contributed by atoms with Gasteiger partial charge >= 0.3 is 5.97 Å². The number of hydrogen-bond donors (Lipinski definition) is 1. The molecule has 1 heterocycles. The van der Waals surface area contributed by atoms with E-state index in [9.17, 15) is 4.79 Å². The number of carboxylic acids is 1. The van der Waals surface area contributed by atoms with Gasteiger partial charge in [0.05, 0.1) is 12.6 Å². The third kappa shape index (κ3) is 1.69. The van der Waals surface area contributed by atoms with E-state index in [0.717, 1.165) is 0 Å². The van der Waals surface area contributed by atoms with Gasteiger partial charge < -0.3 is 5.11 Å². The fraction of sp³-hybridized carbons (Fsp3) is 0.111. The second-order valence-electron chi connectivity index (χ2n) is 2.95. The number of aryl methyl sites for hydroxylation is 1. The molecule has 6 nitrogen and oxygen atoms in total. The first-order valence-corrected chi connectivity index (χ1v) is 4.25. The number of carboxylic acid groups (broad SMARTS) is 1. The van der Waals surface area contributed by atoms with Crippen molar-refractivity contribution in [3.8, 4) is 11.4 Å². The fourth-order valence-electron chi connectivity index (χ4n) is 1.26. The Bertz CT molecular complexity index is 506. The van der Waals surface area contributed by atoms with Gasteiger partial charge in [0.15, 0.2) is 0 Å². The van der Waals surface area contributed by atoms with Crippen LogP contribution in [0.1, 0.15) is 10.4 Å². The van der Waals surface area contributed by atoms with Gasteiger partial charge in [-0.15, -0.1) is 10.2 Å². The number of rotatable bonds is 2. The number of hydrogen-bond acceptors (Lipinski definition) is 4. The Kier molecular flexibility index (Phi) is 2.17. The Morgan fingerprint density at radius 2 is 2.13 bits per heavy atom. The second-order valence-corrected chi connectivity index (χ2v) is 2.95. The highest BCUT2D eigenvalue weighted by Crippen LogP contribution is 2.18. The Morgan fingerprint density at radius 3 is 2.73 bits per heavy atom. The Balaban J connectivity index is 2.57. The summed E-state index contributed by atoms with van der Waals surface area (Å²) in [5.74, 6) is -0.687. The maximum atomic E-state index is 10.9. The number of aromatic carboxylic acids is 1. The van der Waals surface area contributed by atoms with Crippen molar-refractivity contribution in [2.24, 2.45) is 7.05 Å². The minimum absolute atomic E-state index is 0.172. The van der Waals surface area contributed by atoms with Crippen molar-refractivity contribution in [1.82, 2.24) is 20.2 Å². The van der Waals surface area contributed by atoms with Crippen molar-refractivity contribution < 1.29 is 9.90 Å². The van der Waals surface area contributed by atoms with Crippen molar-refractivity contribution in [3.63, 3.8) is 0 Å². The third-order valence-electron chi connectivity index (χ3n) is 1.91. The Morgan fingerprint density at radius 1 is 1.40 bits per heavy atom. The molecule has 0 saturated carbocycles. The lowest BCUT2D eigenvalue weighted by molar-refractivity contribution is 0.0697. The van der Waals surface area contributed by atoms with E-state index in [2.05, 4.69) is 15.4 Å². The first kappa shape index (κ1) is 9.32. The molecule has 0 fully saturated rings. The zero-order valence-corrected chi connectivity index (χ0v) is 7.95. The average molecular weight is 204 g/mol. The van der Waals surface area contributed by atoms with Crippen LogP contribution >= 0.6 is 0 Å². The molecule has 0 spiro atoms. The van der Waals surface area contributed by atoms with Crippen molar-refractivity contribution in [3.05, 3.63) is 29.8 Å². The molecule has 0 bridgehead atoms. The zero-order chi connectivity index (χ0) is 10.8. The lowest BCUT2D eigenvalue weighted by atomic mass is 10.1. The fourth-order valence-corrected chi connectivity index (χ4v) is 1.26. The van der Waals surface area contributed by atoms with Gasteiger partial charge in [-0.05, 0) is 11.3 Å². The highest BCUT2D eigenvalue weighted by Gasteiger charge is 2.14. The van der Waals surface area contributed by atoms with Crippen molar-refractivity contribution in [2.75, 3.05) is 0 Å². The van der Waals surface area contributed by atoms with E-state index in [1.54, 1.807) is 25.2 Å². The summed E-state index contributed by atoms with van der Waals surface area (Å²) in [6.07, 6.45) is 0. The molecule has 1 aromatic heterocycles. The van der Waals surface area contributed by atoms with Crippen LogP contribution in [0.25, 0.3) is 11.4 Å². The second kappa shape index (κ2) is 3.49.